The van der Waals surface area contributed by atoms with Gasteiger partial charge in [-0.15, -0.1) is 0 Å². The highest BCUT2D eigenvalue weighted by Gasteiger charge is 2.11. The number of carbonyl (C=O) groups excluding carboxylic acids is 2. The maximum atomic E-state index is 11.9. The van der Waals surface area contributed by atoms with E-state index in [1.807, 2.05) is 50.2 Å². The minimum Gasteiger partial charge on any atom is -0.341 e. The molecular formula is C16H25N3O2. The van der Waals surface area contributed by atoms with Crippen LogP contribution in [-0.2, 0) is 9.59 Å². The second-order valence-corrected chi connectivity index (χ2v) is 5.48. The second-order valence-electron chi connectivity index (χ2n) is 5.48. The number of benzene rings is 1. The Kier molecular flexibility index (Phi) is 6.88. The molecule has 0 fully saturated rings. The number of nitrogens with zero attached hydrogens (tertiary/aromatic N) is 2. The molecule has 1 aromatic carbocycles. The fourth-order valence-electron chi connectivity index (χ4n) is 1.93. The molecule has 2 amide bonds. The van der Waals surface area contributed by atoms with Crippen molar-refractivity contribution in [3.8, 4) is 0 Å². The van der Waals surface area contributed by atoms with Crippen molar-refractivity contribution in [3.63, 3.8) is 0 Å². The zero-order valence-corrected chi connectivity index (χ0v) is 13.3. The predicted octanol–water partition coefficient (Wildman–Crippen LogP) is 1.73. The van der Waals surface area contributed by atoms with Crippen LogP contribution in [0.1, 0.15) is 18.9 Å². The third-order valence-electron chi connectivity index (χ3n) is 3.17. The standard InChI is InChI=1S/C16H25N3O2/c1-13-6-5-7-15(12-13)17-16(21)8-9-19(14(2)20)11-10-18(3)4/h5-7,12H,8-11H2,1-4H3,(H,17,21). The molecule has 1 aromatic rings. The van der Waals surface area contributed by atoms with Crippen molar-refractivity contribution in [2.45, 2.75) is 20.3 Å². The molecule has 0 unspecified atom stereocenters. The minimum absolute atomic E-state index is 0.000190. The summed E-state index contributed by atoms with van der Waals surface area (Å²) < 4.78 is 0. The lowest BCUT2D eigenvalue weighted by Crippen LogP contribution is -2.37. The third-order valence-corrected chi connectivity index (χ3v) is 3.17. The molecule has 0 aliphatic carbocycles. The first-order valence-corrected chi connectivity index (χ1v) is 7.15. The third kappa shape index (κ3) is 6.90. The molecule has 0 spiro atoms. The molecule has 0 aliphatic rings. The van der Waals surface area contributed by atoms with Gasteiger partial charge in [-0.3, -0.25) is 9.59 Å². The monoisotopic (exact) mass is 291 g/mol. The molecule has 5 heteroatoms. The molecule has 0 aliphatic heterocycles. The number of nitrogens with one attached hydrogen (secondary N) is 1. The van der Waals surface area contributed by atoms with Crippen molar-refractivity contribution < 1.29 is 9.59 Å². The van der Waals surface area contributed by atoms with Gasteiger partial charge in [0.15, 0.2) is 0 Å². The van der Waals surface area contributed by atoms with Gasteiger partial charge in [-0.05, 0) is 38.7 Å². The van der Waals surface area contributed by atoms with Crippen LogP contribution in [0, 0.1) is 6.92 Å². The smallest absolute Gasteiger partial charge is 0.226 e. The number of likely N-dealkylation sites (N-methyl/N-ethyl adjacent to an activating group) is 1. The lowest BCUT2D eigenvalue weighted by molar-refractivity contribution is -0.129. The van der Waals surface area contributed by atoms with Gasteiger partial charge < -0.3 is 15.1 Å². The summed E-state index contributed by atoms with van der Waals surface area (Å²) >= 11 is 0. The highest BCUT2D eigenvalue weighted by atomic mass is 16.2. The van der Waals surface area contributed by atoms with E-state index in [1.165, 1.54) is 6.92 Å². The first kappa shape index (κ1) is 17.2. The molecule has 0 saturated carbocycles. The number of anilines is 1. The van der Waals surface area contributed by atoms with Crippen LogP contribution in [0.2, 0.25) is 0 Å². The van der Waals surface area contributed by atoms with Crippen LogP contribution in [0.15, 0.2) is 24.3 Å². The van der Waals surface area contributed by atoms with E-state index < -0.39 is 0 Å². The van der Waals surface area contributed by atoms with E-state index in [4.69, 9.17) is 0 Å². The van der Waals surface area contributed by atoms with Gasteiger partial charge in [-0.25, -0.2) is 0 Å². The maximum Gasteiger partial charge on any atom is 0.226 e. The fourth-order valence-corrected chi connectivity index (χ4v) is 1.93. The number of amides is 2. The summed E-state index contributed by atoms with van der Waals surface area (Å²) in [6, 6.07) is 7.67. The molecular weight excluding hydrogens is 266 g/mol. The van der Waals surface area contributed by atoms with E-state index in [2.05, 4.69) is 5.32 Å². The van der Waals surface area contributed by atoms with E-state index in [-0.39, 0.29) is 11.8 Å². The number of carbonyl (C=O) groups is 2. The average Bonchev–Trinajstić information content (AvgIpc) is 2.37. The lowest BCUT2D eigenvalue weighted by Gasteiger charge is -2.22. The zero-order valence-electron chi connectivity index (χ0n) is 13.3. The molecule has 21 heavy (non-hydrogen) atoms. The van der Waals surface area contributed by atoms with Gasteiger partial charge in [-0.2, -0.15) is 0 Å². The Bertz CT molecular complexity index is 486. The Morgan fingerprint density at radius 1 is 1.14 bits per heavy atom. The topological polar surface area (TPSA) is 52.7 Å². The van der Waals surface area contributed by atoms with Crippen LogP contribution in [0.3, 0.4) is 0 Å². The van der Waals surface area contributed by atoms with Gasteiger partial charge in [0.1, 0.15) is 0 Å². The van der Waals surface area contributed by atoms with E-state index in [0.717, 1.165) is 17.8 Å². The second kappa shape index (κ2) is 8.42. The number of hydrogen-bond donors (Lipinski definition) is 1. The Labute approximate surface area is 126 Å². The van der Waals surface area contributed by atoms with Crippen molar-refractivity contribution in [2.75, 3.05) is 39.0 Å². The predicted molar refractivity (Wildman–Crippen MR) is 85.2 cm³/mol. The lowest BCUT2D eigenvalue weighted by atomic mass is 10.2. The van der Waals surface area contributed by atoms with Crippen molar-refractivity contribution in [1.82, 2.24) is 9.80 Å². The summed E-state index contributed by atoms with van der Waals surface area (Å²) in [7, 11) is 3.92. The summed E-state index contributed by atoms with van der Waals surface area (Å²) in [6.07, 6.45) is 0.306. The Morgan fingerprint density at radius 2 is 1.86 bits per heavy atom. The highest BCUT2D eigenvalue weighted by molar-refractivity contribution is 5.91. The largest absolute Gasteiger partial charge is 0.341 e. The van der Waals surface area contributed by atoms with Crippen molar-refractivity contribution in [3.05, 3.63) is 29.8 Å². The molecule has 5 nitrogen and oxygen atoms in total. The van der Waals surface area contributed by atoms with Crippen molar-refractivity contribution in [2.24, 2.45) is 0 Å². The van der Waals surface area contributed by atoms with Crippen LogP contribution >= 0.6 is 0 Å². The van der Waals surface area contributed by atoms with Crippen molar-refractivity contribution >= 4 is 17.5 Å². The van der Waals surface area contributed by atoms with Crippen molar-refractivity contribution in [1.29, 1.82) is 0 Å². The van der Waals surface area contributed by atoms with Gasteiger partial charge >= 0.3 is 0 Å². The maximum absolute atomic E-state index is 11.9. The van der Waals surface area contributed by atoms with Crippen LogP contribution in [0.4, 0.5) is 5.69 Å². The van der Waals surface area contributed by atoms with Crippen LogP contribution in [0.5, 0.6) is 0 Å². The Balaban J connectivity index is 2.44. The SMILES string of the molecule is CC(=O)N(CCC(=O)Nc1cccc(C)c1)CCN(C)C. The van der Waals surface area contributed by atoms with Crippen LogP contribution in [-0.4, -0.2) is 55.3 Å². The van der Waals surface area contributed by atoms with Crippen LogP contribution in [0.25, 0.3) is 0 Å². The minimum atomic E-state index is -0.0725. The molecule has 1 N–H and O–H groups in total. The molecule has 0 heterocycles. The summed E-state index contributed by atoms with van der Waals surface area (Å²) in [5.41, 5.74) is 1.90. The summed E-state index contributed by atoms with van der Waals surface area (Å²) in [4.78, 5) is 27.2. The highest BCUT2D eigenvalue weighted by Crippen LogP contribution is 2.09. The summed E-state index contributed by atoms with van der Waals surface area (Å²) in [5.74, 6) is -0.0723. The summed E-state index contributed by atoms with van der Waals surface area (Å²) in [6.45, 7) is 5.39. The van der Waals surface area contributed by atoms with Gasteiger partial charge in [0.25, 0.3) is 0 Å². The molecule has 0 radical (unpaired) electrons. The normalized spacial score (nSPS) is 10.5. The molecule has 116 valence electrons. The van der Waals surface area contributed by atoms with Gasteiger partial charge in [-0.1, -0.05) is 12.1 Å². The average molecular weight is 291 g/mol. The number of hydrogen-bond acceptors (Lipinski definition) is 3. The Morgan fingerprint density at radius 3 is 2.43 bits per heavy atom. The van der Waals surface area contributed by atoms with Gasteiger partial charge in [0.2, 0.25) is 11.8 Å². The summed E-state index contributed by atoms with van der Waals surface area (Å²) in [5, 5.41) is 2.85. The van der Waals surface area contributed by atoms with Gasteiger partial charge in [0.05, 0.1) is 0 Å². The first-order chi connectivity index (χ1) is 9.88. The first-order valence-electron chi connectivity index (χ1n) is 7.15. The molecule has 0 aromatic heterocycles. The van der Waals surface area contributed by atoms with Crippen LogP contribution < -0.4 is 5.32 Å². The van der Waals surface area contributed by atoms with E-state index in [1.54, 1.807) is 4.90 Å². The fraction of sp³-hybridized carbons (Fsp3) is 0.500. The van der Waals surface area contributed by atoms with Gasteiger partial charge in [0, 0.05) is 38.7 Å². The molecule has 0 saturated heterocycles. The van der Waals surface area contributed by atoms with E-state index in [0.29, 0.717) is 19.5 Å². The number of aryl methyl sites for hydroxylation is 1. The van der Waals surface area contributed by atoms with E-state index >= 15 is 0 Å². The Hall–Kier alpha value is -1.88. The molecule has 0 bridgehead atoms. The van der Waals surface area contributed by atoms with E-state index in [9.17, 15) is 9.59 Å². The molecule has 0 atom stereocenters. The zero-order chi connectivity index (χ0) is 15.8. The number of rotatable bonds is 7. The quantitative estimate of drug-likeness (QED) is 0.832. The molecule has 1 rings (SSSR count).